The number of halogens is 1. The van der Waals surface area contributed by atoms with Crippen LogP contribution in [0.4, 0.5) is 10.5 Å². The van der Waals surface area contributed by atoms with Crippen molar-refractivity contribution in [2.24, 2.45) is 11.3 Å². The Morgan fingerprint density at radius 2 is 1.91 bits per heavy atom. The molecular formula is C33H46ClN3O9. The summed E-state index contributed by atoms with van der Waals surface area (Å²) >= 11 is 6.69. The number of benzene rings is 1. The monoisotopic (exact) mass is 663 g/mol. The van der Waals surface area contributed by atoms with Crippen molar-refractivity contribution >= 4 is 35.3 Å². The number of likely N-dealkylation sites (N-methyl/N-ethyl adjacent to an activating group) is 1. The van der Waals surface area contributed by atoms with Gasteiger partial charge in [-0.2, -0.15) is 0 Å². The molecular weight excluding hydrogens is 618 g/mol. The molecule has 2 fully saturated rings. The molecule has 12 nitrogen and oxygen atoms in total. The summed E-state index contributed by atoms with van der Waals surface area (Å²) in [6.45, 7) is 6.89. The number of carbonyl (C=O) groups is 3. The third-order valence-electron chi connectivity index (χ3n) is 9.75. The lowest BCUT2D eigenvalue weighted by atomic mass is 9.81. The highest BCUT2D eigenvalue weighted by Gasteiger charge is 2.68. The zero-order valence-corrected chi connectivity index (χ0v) is 28.4. The van der Waals surface area contributed by atoms with Crippen molar-refractivity contribution in [3.05, 3.63) is 46.5 Å². The molecule has 46 heavy (non-hydrogen) atoms. The summed E-state index contributed by atoms with van der Waals surface area (Å²) in [6.07, 6.45) is 1.82. The maximum absolute atomic E-state index is 13.9. The second kappa shape index (κ2) is 13.5. The number of anilines is 1. The van der Waals surface area contributed by atoms with E-state index in [2.05, 4.69) is 10.6 Å². The number of esters is 1. The fourth-order valence-corrected chi connectivity index (χ4v) is 6.84. The lowest BCUT2D eigenvalue weighted by molar-refractivity contribution is -0.174. The molecule has 4 bridgehead atoms. The van der Waals surface area contributed by atoms with Gasteiger partial charge in [0.2, 0.25) is 5.91 Å². The van der Waals surface area contributed by atoms with Gasteiger partial charge in [-0.05, 0) is 58.4 Å². The number of nitrogens with one attached hydrogen (secondary N) is 2. The molecule has 2 amide bonds. The van der Waals surface area contributed by atoms with Crippen LogP contribution < -0.4 is 20.3 Å². The molecule has 2 aliphatic heterocycles. The van der Waals surface area contributed by atoms with Gasteiger partial charge in [-0.3, -0.25) is 14.9 Å². The smallest absolute Gasteiger partial charge is 0.409 e. The van der Waals surface area contributed by atoms with Gasteiger partial charge in [-0.1, -0.05) is 42.3 Å². The number of alkyl carbamates (subject to hydrolysis) is 1. The van der Waals surface area contributed by atoms with E-state index in [0.29, 0.717) is 24.3 Å². The first-order valence-corrected chi connectivity index (χ1v) is 15.7. The fourth-order valence-electron chi connectivity index (χ4n) is 6.53. The molecule has 2 heterocycles. The maximum atomic E-state index is 13.9. The standard InChI is InChI=1S/C33H46ClN3O9/c1-18-10-9-11-24(44-8)33(42)17-26(46-30(40)36-33)31(3)16-23(31)32(4,41)25(45-29(39)19(2)35-5)15-27(38)37(6)21-13-20(12-18)14-22(43-7)28(21)34/h9-11,13-14,19,23-26,35,41-42H,12,15-17H2,1-8H3,(H,36,40)/b11-9+,18-10+/t19-,23?,24+,25-,26-,31+,32+,33-/m0/s1. The molecule has 0 aromatic heterocycles. The number of fused-ring (bicyclic) bond motifs is 6. The van der Waals surface area contributed by atoms with Gasteiger partial charge in [0.1, 0.15) is 40.7 Å². The quantitative estimate of drug-likeness (QED) is 0.345. The van der Waals surface area contributed by atoms with Crippen LogP contribution in [0.15, 0.2) is 35.9 Å². The van der Waals surface area contributed by atoms with Gasteiger partial charge in [0.15, 0.2) is 5.72 Å². The minimum atomic E-state index is -1.82. The van der Waals surface area contributed by atoms with Gasteiger partial charge in [0.05, 0.1) is 19.2 Å². The molecule has 0 spiro atoms. The minimum Gasteiger partial charge on any atom is -0.495 e. The minimum absolute atomic E-state index is 0.0413. The second-order valence-corrected chi connectivity index (χ2v) is 13.5. The second-order valence-electron chi connectivity index (χ2n) is 13.1. The van der Waals surface area contributed by atoms with Gasteiger partial charge in [-0.15, -0.1) is 0 Å². The Kier molecular flexibility index (Phi) is 10.5. The number of carbonyl (C=O) groups excluding carboxylic acids is 3. The summed E-state index contributed by atoms with van der Waals surface area (Å²) in [7, 11) is 6.08. The molecule has 0 radical (unpaired) electrons. The van der Waals surface area contributed by atoms with Crippen LogP contribution in [0.25, 0.3) is 0 Å². The topological polar surface area (TPSA) is 156 Å². The highest BCUT2D eigenvalue weighted by Crippen LogP contribution is 2.63. The van der Waals surface area contributed by atoms with Crippen LogP contribution in [0.1, 0.15) is 52.5 Å². The van der Waals surface area contributed by atoms with E-state index in [-0.39, 0.29) is 17.9 Å². The molecule has 4 N–H and O–H groups in total. The first-order chi connectivity index (χ1) is 21.5. The number of hydrogen-bond acceptors (Lipinski definition) is 10. The van der Waals surface area contributed by atoms with Crippen molar-refractivity contribution in [3.63, 3.8) is 0 Å². The molecule has 1 unspecified atom stereocenters. The number of amides is 2. The lowest BCUT2D eigenvalue weighted by Crippen LogP contribution is -2.64. The van der Waals surface area contributed by atoms with Crippen LogP contribution in [0.3, 0.4) is 0 Å². The number of methoxy groups -OCH3 is 2. The Morgan fingerprint density at radius 3 is 2.54 bits per heavy atom. The van der Waals surface area contributed by atoms with Crippen molar-refractivity contribution in [3.8, 4) is 5.75 Å². The van der Waals surface area contributed by atoms with Crippen LogP contribution in [0, 0.1) is 11.3 Å². The summed E-state index contributed by atoms with van der Waals surface area (Å²) < 4.78 is 22.7. The zero-order chi connectivity index (χ0) is 34.2. The SMILES string of the molecule is CN[C@@H](C)C(=O)O[C@H]1CC(=O)N(C)c2cc(cc(OC)c2Cl)C/C(C)=C/C=C/[C@@H](OC)[C@@]2(O)C[C@H](OC(=O)N2)[C@]2(C)CC2[C@@]1(C)O. The molecule has 1 aromatic carbocycles. The van der Waals surface area contributed by atoms with Crippen LogP contribution >= 0.6 is 11.6 Å². The van der Waals surface area contributed by atoms with Crippen LogP contribution in [0.5, 0.6) is 5.75 Å². The molecule has 1 saturated carbocycles. The first kappa shape index (κ1) is 35.7. The Hall–Kier alpha value is -3.16. The molecule has 13 heteroatoms. The number of hydrogen-bond donors (Lipinski definition) is 4. The van der Waals surface area contributed by atoms with Gasteiger partial charge in [0, 0.05) is 31.9 Å². The average Bonchev–Trinajstić information content (AvgIpc) is 3.71. The van der Waals surface area contributed by atoms with Crippen molar-refractivity contribution in [2.45, 2.75) is 89.1 Å². The van der Waals surface area contributed by atoms with Gasteiger partial charge in [-0.25, -0.2) is 4.79 Å². The summed E-state index contributed by atoms with van der Waals surface area (Å²) in [5.41, 5.74) is -2.25. The average molecular weight is 664 g/mol. The summed E-state index contributed by atoms with van der Waals surface area (Å²) in [6, 6.07) is 2.86. The van der Waals surface area contributed by atoms with Gasteiger partial charge in [0.25, 0.3) is 0 Å². The normalized spacial score (nSPS) is 35.9. The highest BCUT2D eigenvalue weighted by atomic mass is 35.5. The molecule has 8 atom stereocenters. The number of allylic oxidation sites excluding steroid dienone is 3. The van der Waals surface area contributed by atoms with E-state index in [9.17, 15) is 24.6 Å². The van der Waals surface area contributed by atoms with Crippen LogP contribution in [-0.4, -0.2) is 92.2 Å². The van der Waals surface area contributed by atoms with Crippen molar-refractivity contribution < 1.29 is 43.5 Å². The maximum Gasteiger partial charge on any atom is 0.409 e. The molecule has 1 aromatic rings. The first-order valence-electron chi connectivity index (χ1n) is 15.3. The van der Waals surface area contributed by atoms with Gasteiger partial charge >= 0.3 is 12.1 Å². The van der Waals surface area contributed by atoms with Crippen LogP contribution in [0.2, 0.25) is 5.02 Å². The Bertz CT molecular complexity index is 1410. The number of nitrogens with zero attached hydrogens (tertiary/aromatic N) is 1. The van der Waals surface area contributed by atoms with E-state index in [4.69, 9.17) is 30.5 Å². The largest absolute Gasteiger partial charge is 0.495 e. The highest BCUT2D eigenvalue weighted by molar-refractivity contribution is 6.35. The Morgan fingerprint density at radius 1 is 1.22 bits per heavy atom. The Labute approximate surface area is 275 Å². The predicted octanol–water partition coefficient (Wildman–Crippen LogP) is 3.26. The lowest BCUT2D eigenvalue weighted by Gasteiger charge is -2.43. The fraction of sp³-hybridized carbons (Fsp3) is 0.606. The van der Waals surface area contributed by atoms with Crippen LogP contribution in [-0.2, 0) is 30.2 Å². The number of ether oxygens (including phenoxy) is 4. The van der Waals surface area contributed by atoms with E-state index in [0.717, 1.165) is 11.1 Å². The molecule has 3 aliphatic rings. The van der Waals surface area contributed by atoms with E-state index in [1.54, 1.807) is 45.3 Å². The van der Waals surface area contributed by atoms with Crippen molar-refractivity contribution in [1.29, 1.82) is 0 Å². The van der Waals surface area contributed by atoms with Crippen molar-refractivity contribution in [2.75, 3.05) is 33.2 Å². The third-order valence-corrected chi connectivity index (χ3v) is 10.1. The predicted molar refractivity (Wildman–Crippen MR) is 172 cm³/mol. The summed E-state index contributed by atoms with van der Waals surface area (Å²) in [5, 5.41) is 29.3. The van der Waals surface area contributed by atoms with Crippen molar-refractivity contribution in [1.82, 2.24) is 10.6 Å². The van der Waals surface area contributed by atoms with Gasteiger partial charge < -0.3 is 39.4 Å². The molecule has 1 saturated heterocycles. The number of rotatable bonds is 5. The Balaban J connectivity index is 1.83. The molecule has 4 rings (SSSR count). The van der Waals surface area contributed by atoms with E-state index in [1.807, 2.05) is 19.9 Å². The third kappa shape index (κ3) is 7.06. The van der Waals surface area contributed by atoms with E-state index >= 15 is 0 Å². The summed E-state index contributed by atoms with van der Waals surface area (Å²) in [4.78, 5) is 41.1. The summed E-state index contributed by atoms with van der Waals surface area (Å²) in [5.74, 6) is -1.31. The zero-order valence-electron chi connectivity index (χ0n) is 27.7. The van der Waals surface area contributed by atoms with E-state index in [1.165, 1.54) is 26.0 Å². The molecule has 254 valence electrons. The van der Waals surface area contributed by atoms with E-state index < -0.39 is 65.0 Å². The molecule has 1 aliphatic carbocycles. The number of aliphatic hydroxyl groups is 2.